The van der Waals surface area contributed by atoms with E-state index in [1.54, 1.807) is 31.2 Å². The summed E-state index contributed by atoms with van der Waals surface area (Å²) < 4.78 is 41.4. The second-order valence-corrected chi connectivity index (χ2v) is 9.96. The van der Waals surface area contributed by atoms with Crippen molar-refractivity contribution in [2.45, 2.75) is 13.5 Å². The third-order valence-electron chi connectivity index (χ3n) is 5.74. The molecule has 0 radical (unpaired) electrons. The van der Waals surface area contributed by atoms with Gasteiger partial charge in [-0.25, -0.2) is 8.42 Å². The molecule has 2 heterocycles. The highest BCUT2D eigenvalue weighted by atomic mass is 32.2. The minimum Gasteiger partial charge on any atom is -0.484 e. The van der Waals surface area contributed by atoms with Crippen LogP contribution < -0.4 is 18.5 Å². The van der Waals surface area contributed by atoms with Gasteiger partial charge in [-0.15, -0.1) is 0 Å². The predicted molar refractivity (Wildman–Crippen MR) is 124 cm³/mol. The fraction of sp³-hybridized carbons (Fsp3) is 0.435. The van der Waals surface area contributed by atoms with Gasteiger partial charge in [-0.3, -0.25) is 14.0 Å². The number of nitrogens with zero attached hydrogens (tertiary/aromatic N) is 3. The van der Waals surface area contributed by atoms with E-state index in [1.165, 1.54) is 10.6 Å². The van der Waals surface area contributed by atoms with Crippen LogP contribution in [-0.4, -0.2) is 76.5 Å². The van der Waals surface area contributed by atoms with Gasteiger partial charge < -0.3 is 19.1 Å². The standard InChI is InChI=1S/C23H29N3O6S/c1-3-26(33(2,28)29)19-5-7-20(8-6-19)30-16-23(27)25-12-10-24(11-13-25)15-18-4-9-21-22(14-18)32-17-31-21/h4-9,14H,3,10-13,15-17H2,1-2H3. The van der Waals surface area contributed by atoms with Crippen molar-refractivity contribution in [3.63, 3.8) is 0 Å². The SMILES string of the molecule is CCN(c1ccc(OCC(=O)N2CCN(Cc3ccc4c(c3)OCO4)CC2)cc1)S(C)(=O)=O. The van der Waals surface area contributed by atoms with Crippen LogP contribution in [0.4, 0.5) is 5.69 Å². The van der Waals surface area contributed by atoms with Crippen LogP contribution in [0.2, 0.25) is 0 Å². The first-order valence-corrected chi connectivity index (χ1v) is 12.8. The van der Waals surface area contributed by atoms with Crippen LogP contribution in [0.1, 0.15) is 12.5 Å². The average Bonchev–Trinajstić information content (AvgIpc) is 3.26. The molecule has 0 unspecified atom stereocenters. The van der Waals surface area contributed by atoms with E-state index in [-0.39, 0.29) is 19.3 Å². The number of amides is 1. The predicted octanol–water partition coefficient (Wildman–Crippen LogP) is 1.92. The molecular weight excluding hydrogens is 446 g/mol. The molecule has 2 aliphatic heterocycles. The van der Waals surface area contributed by atoms with Gasteiger partial charge in [0, 0.05) is 39.3 Å². The Morgan fingerprint density at radius 1 is 1.03 bits per heavy atom. The number of benzene rings is 2. The van der Waals surface area contributed by atoms with Crippen LogP contribution in [0.25, 0.3) is 0 Å². The summed E-state index contributed by atoms with van der Waals surface area (Å²) in [4.78, 5) is 16.7. The summed E-state index contributed by atoms with van der Waals surface area (Å²) in [7, 11) is -3.33. The zero-order chi connectivity index (χ0) is 23.4. The molecule has 0 saturated carbocycles. The van der Waals surface area contributed by atoms with E-state index in [0.717, 1.165) is 36.7 Å². The van der Waals surface area contributed by atoms with Gasteiger partial charge in [-0.2, -0.15) is 0 Å². The molecule has 2 aromatic rings. The minimum atomic E-state index is -3.33. The smallest absolute Gasteiger partial charge is 0.260 e. The first-order valence-electron chi connectivity index (χ1n) is 10.9. The molecule has 10 heteroatoms. The Morgan fingerprint density at radius 2 is 1.73 bits per heavy atom. The summed E-state index contributed by atoms with van der Waals surface area (Å²) in [5, 5.41) is 0. The number of rotatable bonds is 8. The molecule has 0 atom stereocenters. The second kappa shape index (κ2) is 9.88. The molecular formula is C23H29N3O6S. The topological polar surface area (TPSA) is 88.6 Å². The summed E-state index contributed by atoms with van der Waals surface area (Å²) in [6, 6.07) is 12.7. The summed E-state index contributed by atoms with van der Waals surface area (Å²) in [5.41, 5.74) is 1.72. The Hall–Kier alpha value is -2.98. The van der Waals surface area contributed by atoms with Crippen molar-refractivity contribution in [3.05, 3.63) is 48.0 Å². The van der Waals surface area contributed by atoms with E-state index in [4.69, 9.17) is 14.2 Å². The molecule has 0 N–H and O–H groups in total. The van der Waals surface area contributed by atoms with Crippen molar-refractivity contribution in [3.8, 4) is 17.2 Å². The first kappa shape index (κ1) is 23.2. The lowest BCUT2D eigenvalue weighted by molar-refractivity contribution is -0.135. The van der Waals surface area contributed by atoms with Crippen LogP contribution in [0.5, 0.6) is 17.2 Å². The average molecular weight is 476 g/mol. The number of carbonyl (C=O) groups excluding carboxylic acids is 1. The van der Waals surface area contributed by atoms with Crippen molar-refractivity contribution in [2.75, 3.05) is 56.7 Å². The number of carbonyl (C=O) groups is 1. The lowest BCUT2D eigenvalue weighted by Gasteiger charge is -2.34. The molecule has 4 rings (SSSR count). The van der Waals surface area contributed by atoms with Crippen molar-refractivity contribution < 1.29 is 27.4 Å². The summed E-state index contributed by atoms with van der Waals surface area (Å²) in [6.07, 6.45) is 1.18. The van der Waals surface area contributed by atoms with Gasteiger partial charge in [0.2, 0.25) is 16.8 Å². The third-order valence-corrected chi connectivity index (χ3v) is 7.01. The molecule has 9 nitrogen and oxygen atoms in total. The normalized spacial score (nSPS) is 16.0. The number of sulfonamides is 1. The molecule has 33 heavy (non-hydrogen) atoms. The number of ether oxygens (including phenoxy) is 3. The molecule has 0 spiro atoms. The zero-order valence-electron chi connectivity index (χ0n) is 18.9. The fourth-order valence-corrected chi connectivity index (χ4v) is 4.98. The Balaban J connectivity index is 1.23. The van der Waals surface area contributed by atoms with Crippen LogP contribution in [0.15, 0.2) is 42.5 Å². The Morgan fingerprint density at radius 3 is 2.39 bits per heavy atom. The molecule has 1 fully saturated rings. The van der Waals surface area contributed by atoms with Gasteiger partial charge in [0.1, 0.15) is 5.75 Å². The quantitative estimate of drug-likeness (QED) is 0.576. The summed E-state index contributed by atoms with van der Waals surface area (Å²) >= 11 is 0. The first-order chi connectivity index (χ1) is 15.8. The van der Waals surface area contributed by atoms with Crippen LogP contribution in [0.3, 0.4) is 0 Å². The highest BCUT2D eigenvalue weighted by Gasteiger charge is 2.22. The largest absolute Gasteiger partial charge is 0.484 e. The molecule has 1 amide bonds. The van der Waals surface area contributed by atoms with Gasteiger partial charge in [-0.1, -0.05) is 6.07 Å². The number of hydrogen-bond donors (Lipinski definition) is 0. The highest BCUT2D eigenvalue weighted by Crippen LogP contribution is 2.32. The van der Waals surface area contributed by atoms with Crippen molar-refractivity contribution >= 4 is 21.6 Å². The van der Waals surface area contributed by atoms with Crippen LogP contribution in [-0.2, 0) is 21.4 Å². The van der Waals surface area contributed by atoms with E-state index in [2.05, 4.69) is 4.90 Å². The van der Waals surface area contributed by atoms with Crippen molar-refractivity contribution in [2.24, 2.45) is 0 Å². The molecule has 0 aliphatic carbocycles. The molecule has 178 valence electrons. The lowest BCUT2D eigenvalue weighted by atomic mass is 10.1. The van der Waals surface area contributed by atoms with E-state index in [1.807, 2.05) is 23.1 Å². The molecule has 2 aliphatic rings. The van der Waals surface area contributed by atoms with Crippen molar-refractivity contribution in [1.29, 1.82) is 0 Å². The van der Waals surface area contributed by atoms with Gasteiger partial charge in [-0.05, 0) is 48.9 Å². The van der Waals surface area contributed by atoms with E-state index < -0.39 is 10.0 Å². The highest BCUT2D eigenvalue weighted by molar-refractivity contribution is 7.92. The zero-order valence-corrected chi connectivity index (χ0v) is 19.7. The number of piperazine rings is 1. The van der Waals surface area contributed by atoms with Crippen LogP contribution in [0, 0.1) is 0 Å². The Bertz CT molecular complexity index is 1080. The van der Waals surface area contributed by atoms with Gasteiger partial charge in [0.05, 0.1) is 11.9 Å². The fourth-order valence-electron chi connectivity index (χ4n) is 4.01. The molecule has 0 bridgehead atoms. The number of hydrogen-bond acceptors (Lipinski definition) is 7. The third kappa shape index (κ3) is 5.69. The Kier molecular flexibility index (Phi) is 6.94. The van der Waals surface area contributed by atoms with Crippen molar-refractivity contribution in [1.82, 2.24) is 9.80 Å². The van der Waals surface area contributed by atoms with Gasteiger partial charge in [0.25, 0.3) is 5.91 Å². The van der Waals surface area contributed by atoms with Gasteiger partial charge in [0.15, 0.2) is 18.1 Å². The summed E-state index contributed by atoms with van der Waals surface area (Å²) in [6.45, 7) is 5.99. The monoisotopic (exact) mass is 475 g/mol. The van der Waals surface area contributed by atoms with E-state index >= 15 is 0 Å². The maximum atomic E-state index is 12.6. The van der Waals surface area contributed by atoms with E-state index in [0.29, 0.717) is 31.1 Å². The number of anilines is 1. The summed E-state index contributed by atoms with van der Waals surface area (Å²) in [5.74, 6) is 2.03. The number of fused-ring (bicyclic) bond motifs is 1. The lowest BCUT2D eigenvalue weighted by Crippen LogP contribution is -2.49. The van der Waals surface area contributed by atoms with Gasteiger partial charge >= 0.3 is 0 Å². The Labute approximate surface area is 194 Å². The maximum absolute atomic E-state index is 12.6. The molecule has 2 aromatic carbocycles. The molecule has 0 aromatic heterocycles. The molecule has 1 saturated heterocycles. The van der Waals surface area contributed by atoms with Crippen LogP contribution >= 0.6 is 0 Å². The second-order valence-electron chi connectivity index (χ2n) is 8.05. The maximum Gasteiger partial charge on any atom is 0.260 e. The minimum absolute atomic E-state index is 0.0505. The van der Waals surface area contributed by atoms with E-state index in [9.17, 15) is 13.2 Å².